The first kappa shape index (κ1) is 51.6. The molecule has 0 fully saturated rings. The van der Waals surface area contributed by atoms with E-state index in [1.54, 1.807) is 12.1 Å². The lowest BCUT2D eigenvalue weighted by Gasteiger charge is -2.22. The summed E-state index contributed by atoms with van der Waals surface area (Å²) < 4.78 is 25.8. The number of rotatable bonds is 28. The third-order valence-electron chi connectivity index (χ3n) is 10.8. The van der Waals surface area contributed by atoms with Gasteiger partial charge in [-0.25, -0.2) is 19.2 Å². The van der Waals surface area contributed by atoms with Crippen molar-refractivity contribution in [2.24, 2.45) is 0 Å². The molecule has 2 aromatic carbocycles. The van der Waals surface area contributed by atoms with Crippen molar-refractivity contribution in [2.75, 3.05) is 26.4 Å². The zero-order valence-electron chi connectivity index (χ0n) is 37.7. The number of unbranched alkanes of at least 4 members (excludes halogenated alkanes) is 10. The Morgan fingerprint density at radius 1 is 0.435 bits per heavy atom. The number of ether oxygens (including phenoxy) is 4. The Morgan fingerprint density at radius 3 is 1.08 bits per heavy atom. The Kier molecular flexibility index (Phi) is 22.7. The Hall–Kier alpha value is -3.06. The van der Waals surface area contributed by atoms with Crippen molar-refractivity contribution in [3.05, 3.63) is 65.2 Å². The summed E-state index contributed by atoms with van der Waals surface area (Å²) in [7, 11) is 0. The Bertz CT molecular complexity index is 1950. The Balaban J connectivity index is 2.23. The SMILES string of the molecule is CCCCCCc1cc(-c2cc(C(=O)OCCCC)c3c(C(=O)OCCCC)c(-c4cc(CCCCCC)c(Br)s4)cc(C(=O)OCCCC)c3c2C(=O)OCCCC)sc1Br. The standard InChI is InChI=1S/C50H66Br2O8S2/c1-7-13-19-21-23-33-29-39(61-45(33)51)35-31-37(47(53)57-25-15-9-3)42-41(43(35)49(55)59-27-17-11-5)38(48(54)58-26-16-10-4)32-36(44(42)50(56)60-28-18-12-6)40-30-34(46(52)62-40)24-22-20-14-8-2/h29-32H,7-28H2,1-6H3. The lowest BCUT2D eigenvalue weighted by atomic mass is 9.85. The summed E-state index contributed by atoms with van der Waals surface area (Å²) in [4.78, 5) is 60.4. The predicted octanol–water partition coefficient (Wildman–Crippen LogP) is 15.9. The van der Waals surface area contributed by atoms with Crippen molar-refractivity contribution in [3.63, 3.8) is 0 Å². The fourth-order valence-electron chi connectivity index (χ4n) is 7.21. The summed E-state index contributed by atoms with van der Waals surface area (Å²) in [5, 5.41) is 0.229. The van der Waals surface area contributed by atoms with Crippen LogP contribution in [0.4, 0.5) is 0 Å². The predicted molar refractivity (Wildman–Crippen MR) is 262 cm³/mol. The van der Waals surface area contributed by atoms with E-state index in [0.717, 1.165) is 109 Å². The minimum Gasteiger partial charge on any atom is -0.462 e. The second-order valence-electron chi connectivity index (χ2n) is 15.8. The molecule has 0 aliphatic heterocycles. The first-order valence-electron chi connectivity index (χ1n) is 23.0. The van der Waals surface area contributed by atoms with Crippen molar-refractivity contribution < 1.29 is 38.1 Å². The van der Waals surface area contributed by atoms with Gasteiger partial charge < -0.3 is 18.9 Å². The molecule has 0 atom stereocenters. The highest BCUT2D eigenvalue weighted by molar-refractivity contribution is 9.11. The van der Waals surface area contributed by atoms with Crippen molar-refractivity contribution in [1.82, 2.24) is 0 Å². The molecule has 0 bridgehead atoms. The van der Waals surface area contributed by atoms with Crippen LogP contribution in [0.1, 0.15) is 197 Å². The van der Waals surface area contributed by atoms with Gasteiger partial charge in [0.15, 0.2) is 0 Å². The molecule has 0 saturated heterocycles. The van der Waals surface area contributed by atoms with Crippen LogP contribution in [0.5, 0.6) is 0 Å². The van der Waals surface area contributed by atoms with Gasteiger partial charge in [0.25, 0.3) is 0 Å². The maximum Gasteiger partial charge on any atom is 0.339 e. The summed E-state index contributed by atoms with van der Waals surface area (Å²) in [6.07, 6.45) is 16.1. The lowest BCUT2D eigenvalue weighted by Crippen LogP contribution is -2.19. The molecule has 0 radical (unpaired) electrons. The number of carbonyl (C=O) groups excluding carboxylic acids is 4. The van der Waals surface area contributed by atoms with E-state index in [-0.39, 0.29) is 59.5 Å². The number of halogens is 2. The maximum atomic E-state index is 14.8. The fourth-order valence-corrected chi connectivity index (χ4v) is 10.8. The van der Waals surface area contributed by atoms with E-state index in [4.69, 9.17) is 18.9 Å². The quantitative estimate of drug-likeness (QED) is 0.0315. The minimum absolute atomic E-state index is 0.0625. The number of aryl methyl sites for hydroxylation is 2. The molecule has 4 rings (SSSR count). The highest BCUT2D eigenvalue weighted by atomic mass is 79.9. The van der Waals surface area contributed by atoms with Crippen molar-refractivity contribution in [1.29, 1.82) is 0 Å². The Morgan fingerprint density at radius 2 is 0.758 bits per heavy atom. The van der Waals surface area contributed by atoms with Crippen molar-refractivity contribution in [2.45, 2.75) is 157 Å². The van der Waals surface area contributed by atoms with Crippen LogP contribution in [0, 0.1) is 0 Å². The molecule has 4 aromatic rings. The summed E-state index contributed by atoms with van der Waals surface area (Å²) >= 11 is 10.5. The molecule has 0 aliphatic carbocycles. The van der Waals surface area contributed by atoms with E-state index in [2.05, 4.69) is 57.8 Å². The molecule has 0 saturated carbocycles. The molecular formula is C50H66Br2O8S2. The van der Waals surface area contributed by atoms with Crippen LogP contribution >= 0.6 is 54.5 Å². The number of esters is 4. The third-order valence-corrected chi connectivity index (χ3v) is 14.8. The number of thiophene rings is 2. The second kappa shape index (κ2) is 27.3. The molecule has 0 aliphatic rings. The molecular weight excluding hydrogens is 952 g/mol. The van der Waals surface area contributed by atoms with Gasteiger partial charge in [-0.3, -0.25) is 0 Å². The summed E-state index contributed by atoms with van der Waals surface area (Å²) in [6.45, 7) is 13.0. The van der Waals surface area contributed by atoms with Gasteiger partial charge in [-0.2, -0.15) is 0 Å². The van der Waals surface area contributed by atoms with E-state index < -0.39 is 23.9 Å². The number of benzene rings is 2. The number of hydrogen-bond donors (Lipinski definition) is 0. The van der Waals surface area contributed by atoms with Crippen molar-refractivity contribution in [3.8, 4) is 20.9 Å². The number of carbonyl (C=O) groups is 4. The third kappa shape index (κ3) is 14.0. The average molecular weight is 1020 g/mol. The normalized spacial score (nSPS) is 11.3. The van der Waals surface area contributed by atoms with Gasteiger partial charge in [0.05, 0.1) is 56.3 Å². The van der Waals surface area contributed by atoms with Crippen LogP contribution in [0.25, 0.3) is 31.7 Å². The highest BCUT2D eigenvalue weighted by Crippen LogP contribution is 2.47. The van der Waals surface area contributed by atoms with E-state index >= 15 is 0 Å². The molecule has 2 heterocycles. The molecule has 340 valence electrons. The van der Waals surface area contributed by atoms with Gasteiger partial charge in [0, 0.05) is 31.7 Å². The van der Waals surface area contributed by atoms with Gasteiger partial charge in [-0.15, -0.1) is 22.7 Å². The van der Waals surface area contributed by atoms with Gasteiger partial charge in [0.1, 0.15) is 0 Å². The van der Waals surface area contributed by atoms with Gasteiger partial charge in [0.2, 0.25) is 0 Å². The first-order chi connectivity index (χ1) is 30.1. The average Bonchev–Trinajstić information content (AvgIpc) is 3.83. The number of fused-ring (bicyclic) bond motifs is 1. The molecule has 8 nitrogen and oxygen atoms in total. The van der Waals surface area contributed by atoms with Gasteiger partial charge in [-0.1, -0.05) is 106 Å². The van der Waals surface area contributed by atoms with Crippen LogP contribution in [0.15, 0.2) is 31.8 Å². The summed E-state index contributed by atoms with van der Waals surface area (Å²) in [5.41, 5.74) is 3.31. The van der Waals surface area contributed by atoms with Crippen LogP contribution in [-0.2, 0) is 31.8 Å². The summed E-state index contributed by atoms with van der Waals surface area (Å²) in [5.74, 6) is -2.65. The number of hydrogen-bond acceptors (Lipinski definition) is 10. The zero-order chi connectivity index (χ0) is 45.0. The zero-order valence-corrected chi connectivity index (χ0v) is 42.5. The minimum atomic E-state index is -0.667. The van der Waals surface area contributed by atoms with Crippen molar-refractivity contribution >= 4 is 89.2 Å². The summed E-state index contributed by atoms with van der Waals surface area (Å²) in [6, 6.07) is 7.42. The molecule has 12 heteroatoms. The van der Waals surface area contributed by atoms with E-state index in [9.17, 15) is 19.2 Å². The smallest absolute Gasteiger partial charge is 0.339 e. The maximum absolute atomic E-state index is 14.8. The van der Waals surface area contributed by atoms with E-state index in [1.165, 1.54) is 22.7 Å². The van der Waals surface area contributed by atoms with Crippen LogP contribution in [0.3, 0.4) is 0 Å². The van der Waals surface area contributed by atoms with Gasteiger partial charge >= 0.3 is 23.9 Å². The van der Waals surface area contributed by atoms with Crippen LogP contribution in [0.2, 0.25) is 0 Å². The second-order valence-corrected chi connectivity index (χ2v) is 20.6. The van der Waals surface area contributed by atoms with Crippen LogP contribution in [-0.4, -0.2) is 50.3 Å². The molecule has 0 spiro atoms. The van der Waals surface area contributed by atoms with E-state index in [0.29, 0.717) is 46.6 Å². The fraction of sp³-hybridized carbons (Fsp3) is 0.560. The lowest BCUT2D eigenvalue weighted by molar-refractivity contribution is 0.0479. The molecule has 0 N–H and O–H groups in total. The molecule has 2 aromatic heterocycles. The monoisotopic (exact) mass is 1020 g/mol. The topological polar surface area (TPSA) is 105 Å². The Labute approximate surface area is 394 Å². The van der Waals surface area contributed by atoms with E-state index in [1.807, 2.05) is 27.7 Å². The molecule has 62 heavy (non-hydrogen) atoms. The largest absolute Gasteiger partial charge is 0.462 e. The highest BCUT2D eigenvalue weighted by Gasteiger charge is 2.34. The van der Waals surface area contributed by atoms with Gasteiger partial charge in [-0.05, 0) is 119 Å². The molecule has 0 amide bonds. The molecule has 0 unspecified atom stereocenters. The van der Waals surface area contributed by atoms with Crippen LogP contribution < -0.4 is 0 Å². The first-order valence-corrected chi connectivity index (χ1v) is 26.2.